The van der Waals surface area contributed by atoms with E-state index in [1.807, 2.05) is 0 Å². The summed E-state index contributed by atoms with van der Waals surface area (Å²) in [5, 5.41) is 9.57. The summed E-state index contributed by atoms with van der Waals surface area (Å²) in [6, 6.07) is 0. The molecule has 5 heteroatoms. The average Bonchev–Trinajstić information content (AvgIpc) is 3.12. The fourth-order valence-corrected chi connectivity index (χ4v) is 6.11. The molecule has 0 bridgehead atoms. The van der Waals surface area contributed by atoms with Gasteiger partial charge in [-0.3, -0.25) is 9.59 Å². The van der Waals surface area contributed by atoms with E-state index in [1.54, 1.807) is 0 Å². The van der Waals surface area contributed by atoms with Crippen molar-refractivity contribution in [2.24, 2.45) is 0 Å². The van der Waals surface area contributed by atoms with Crippen LogP contribution in [0, 0.1) is 0 Å². The fraction of sp³-hybridized carbons (Fsp3) is 0.822. The fourth-order valence-electron chi connectivity index (χ4n) is 6.11. The first kappa shape index (κ1) is 48.1. The minimum atomic E-state index is -0.776. The lowest BCUT2D eigenvalue weighted by Crippen LogP contribution is -2.28. The van der Waals surface area contributed by atoms with E-state index in [2.05, 4.69) is 50.3 Å². The molecular weight excluding hydrogens is 620 g/mol. The molecule has 5 nitrogen and oxygen atoms in total. The molecule has 0 radical (unpaired) electrons. The summed E-state index contributed by atoms with van der Waals surface area (Å²) in [5.41, 5.74) is 0. The SMILES string of the molecule is CCCCC/C=C\C/C=C\CCCCCCCC(=O)OC[C@H](CO)OC(=O)CCCCCCCCCCCCC/C=C\CCCCCCCC. The highest BCUT2D eigenvalue weighted by molar-refractivity contribution is 5.70. The quantitative estimate of drug-likeness (QED) is 0.0392. The summed E-state index contributed by atoms with van der Waals surface area (Å²) < 4.78 is 10.6. The van der Waals surface area contributed by atoms with Crippen LogP contribution in [0.15, 0.2) is 36.5 Å². The predicted molar refractivity (Wildman–Crippen MR) is 214 cm³/mol. The molecule has 0 saturated carbocycles. The number of rotatable bonds is 39. The Morgan fingerprint density at radius 3 is 1.24 bits per heavy atom. The lowest BCUT2D eigenvalue weighted by molar-refractivity contribution is -0.161. The molecule has 0 spiro atoms. The molecule has 0 rings (SSSR count). The Kier molecular flexibility index (Phi) is 40.0. The van der Waals surface area contributed by atoms with E-state index in [-0.39, 0.29) is 25.2 Å². The van der Waals surface area contributed by atoms with E-state index in [4.69, 9.17) is 9.47 Å². The highest BCUT2D eigenvalue weighted by atomic mass is 16.6. The Labute approximate surface area is 310 Å². The maximum Gasteiger partial charge on any atom is 0.306 e. The van der Waals surface area contributed by atoms with Crippen LogP contribution >= 0.6 is 0 Å². The third-order valence-corrected chi connectivity index (χ3v) is 9.41. The van der Waals surface area contributed by atoms with Gasteiger partial charge in [-0.2, -0.15) is 0 Å². The van der Waals surface area contributed by atoms with E-state index in [0.717, 1.165) is 51.4 Å². The number of ether oxygens (including phenoxy) is 2. The molecule has 1 atom stereocenters. The largest absolute Gasteiger partial charge is 0.462 e. The van der Waals surface area contributed by atoms with Gasteiger partial charge in [-0.15, -0.1) is 0 Å². The monoisotopic (exact) mass is 703 g/mol. The lowest BCUT2D eigenvalue weighted by atomic mass is 10.0. The highest BCUT2D eigenvalue weighted by Gasteiger charge is 2.16. The van der Waals surface area contributed by atoms with E-state index in [0.29, 0.717) is 12.8 Å². The van der Waals surface area contributed by atoms with Crippen molar-refractivity contribution >= 4 is 11.9 Å². The molecule has 50 heavy (non-hydrogen) atoms. The summed E-state index contributed by atoms with van der Waals surface area (Å²) in [4.78, 5) is 24.3. The molecule has 0 saturated heterocycles. The van der Waals surface area contributed by atoms with Gasteiger partial charge in [-0.1, -0.05) is 172 Å². The maximum absolute atomic E-state index is 12.2. The Morgan fingerprint density at radius 2 is 0.800 bits per heavy atom. The number of unbranched alkanes of at least 4 members (excludes halogenated alkanes) is 25. The van der Waals surface area contributed by atoms with Crippen LogP contribution in [0.2, 0.25) is 0 Å². The topological polar surface area (TPSA) is 72.8 Å². The van der Waals surface area contributed by atoms with Crippen LogP contribution in [0.25, 0.3) is 0 Å². The minimum absolute atomic E-state index is 0.0717. The Hall–Kier alpha value is -1.88. The summed E-state index contributed by atoms with van der Waals surface area (Å²) >= 11 is 0. The van der Waals surface area contributed by atoms with Crippen LogP contribution in [-0.4, -0.2) is 36.4 Å². The van der Waals surface area contributed by atoms with Gasteiger partial charge in [0, 0.05) is 12.8 Å². The Morgan fingerprint density at radius 1 is 0.460 bits per heavy atom. The van der Waals surface area contributed by atoms with Crippen LogP contribution in [0.1, 0.15) is 219 Å². The second-order valence-electron chi connectivity index (χ2n) is 14.4. The van der Waals surface area contributed by atoms with E-state index < -0.39 is 6.10 Å². The van der Waals surface area contributed by atoms with Crippen LogP contribution in [0.4, 0.5) is 0 Å². The van der Waals surface area contributed by atoms with Crippen molar-refractivity contribution in [1.82, 2.24) is 0 Å². The molecule has 0 aliphatic rings. The van der Waals surface area contributed by atoms with E-state index in [1.165, 1.54) is 141 Å². The summed E-state index contributed by atoms with van der Waals surface area (Å²) in [6.45, 7) is 4.11. The van der Waals surface area contributed by atoms with Gasteiger partial charge in [0.2, 0.25) is 0 Å². The van der Waals surface area contributed by atoms with Gasteiger partial charge in [-0.25, -0.2) is 0 Å². The number of hydrogen-bond acceptors (Lipinski definition) is 5. The number of hydrogen-bond donors (Lipinski definition) is 1. The first-order valence-corrected chi connectivity index (χ1v) is 21.5. The number of aliphatic hydroxyl groups excluding tert-OH is 1. The van der Waals surface area contributed by atoms with Crippen molar-refractivity contribution in [3.8, 4) is 0 Å². The van der Waals surface area contributed by atoms with Crippen LogP contribution in [-0.2, 0) is 19.1 Å². The van der Waals surface area contributed by atoms with Crippen molar-refractivity contribution in [3.63, 3.8) is 0 Å². The molecule has 0 aromatic heterocycles. The van der Waals surface area contributed by atoms with Gasteiger partial charge in [0.25, 0.3) is 0 Å². The molecule has 0 fully saturated rings. The molecule has 1 N–H and O–H groups in total. The first-order valence-electron chi connectivity index (χ1n) is 21.5. The zero-order valence-corrected chi connectivity index (χ0v) is 33.2. The molecule has 0 amide bonds. The summed E-state index contributed by atoms with van der Waals surface area (Å²) in [5.74, 6) is -0.603. The van der Waals surface area contributed by atoms with E-state index >= 15 is 0 Å². The van der Waals surface area contributed by atoms with Crippen molar-refractivity contribution in [2.45, 2.75) is 225 Å². The number of aliphatic hydroxyl groups is 1. The highest BCUT2D eigenvalue weighted by Crippen LogP contribution is 2.14. The lowest BCUT2D eigenvalue weighted by Gasteiger charge is -2.15. The van der Waals surface area contributed by atoms with Gasteiger partial charge in [0.05, 0.1) is 6.61 Å². The molecule has 0 unspecified atom stereocenters. The van der Waals surface area contributed by atoms with Crippen molar-refractivity contribution in [3.05, 3.63) is 36.5 Å². The van der Waals surface area contributed by atoms with Gasteiger partial charge < -0.3 is 14.6 Å². The molecule has 0 aliphatic carbocycles. The third-order valence-electron chi connectivity index (χ3n) is 9.41. The second kappa shape index (κ2) is 41.5. The van der Waals surface area contributed by atoms with Gasteiger partial charge >= 0.3 is 11.9 Å². The standard InChI is InChI=1S/C45H82O5/c1-3-5-7-9-11-13-15-17-19-20-21-22-23-24-26-28-30-32-34-36-38-40-45(48)50-43(41-46)42-49-44(47)39-37-35-33-31-29-27-25-18-16-14-12-10-8-6-4-2/h12,14,17-19,25,43,46H,3-11,13,15-16,20-24,26-42H2,1-2H3/b14-12-,19-17-,25-18-/t43-/m0/s1. The van der Waals surface area contributed by atoms with Gasteiger partial charge in [0.15, 0.2) is 6.10 Å². The third kappa shape index (κ3) is 38.9. The molecule has 0 aromatic rings. The van der Waals surface area contributed by atoms with Crippen molar-refractivity contribution in [1.29, 1.82) is 0 Å². The Balaban J connectivity index is 3.53. The smallest absolute Gasteiger partial charge is 0.306 e. The van der Waals surface area contributed by atoms with Gasteiger partial charge in [-0.05, 0) is 70.6 Å². The second-order valence-corrected chi connectivity index (χ2v) is 14.4. The number of esters is 2. The summed E-state index contributed by atoms with van der Waals surface area (Å²) in [7, 11) is 0. The van der Waals surface area contributed by atoms with Crippen LogP contribution in [0.5, 0.6) is 0 Å². The molecule has 0 heterocycles. The maximum atomic E-state index is 12.2. The molecular formula is C45H82O5. The zero-order valence-electron chi connectivity index (χ0n) is 33.2. The predicted octanol–water partition coefficient (Wildman–Crippen LogP) is 13.6. The van der Waals surface area contributed by atoms with Crippen molar-refractivity contribution < 1.29 is 24.2 Å². The van der Waals surface area contributed by atoms with Crippen LogP contribution < -0.4 is 0 Å². The Bertz CT molecular complexity index is 801. The van der Waals surface area contributed by atoms with Crippen LogP contribution in [0.3, 0.4) is 0 Å². The average molecular weight is 703 g/mol. The molecule has 0 aliphatic heterocycles. The normalized spacial score (nSPS) is 12.5. The van der Waals surface area contributed by atoms with E-state index in [9.17, 15) is 14.7 Å². The molecule has 0 aromatic carbocycles. The first-order chi connectivity index (χ1) is 24.6. The van der Waals surface area contributed by atoms with Gasteiger partial charge in [0.1, 0.15) is 6.61 Å². The molecule has 292 valence electrons. The number of carbonyl (C=O) groups excluding carboxylic acids is 2. The zero-order chi connectivity index (χ0) is 36.4. The minimum Gasteiger partial charge on any atom is -0.462 e. The summed E-state index contributed by atoms with van der Waals surface area (Å²) in [6.07, 6.45) is 50.7. The van der Waals surface area contributed by atoms with Crippen molar-refractivity contribution in [2.75, 3.05) is 13.2 Å². The number of allylic oxidation sites excluding steroid dienone is 6. The number of carbonyl (C=O) groups is 2.